The molecule has 0 spiro atoms. The maximum atomic E-state index is 6.27. The lowest BCUT2D eigenvalue weighted by molar-refractivity contribution is 0.862. The molecule has 0 bridgehead atoms. The third kappa shape index (κ3) is 4.22. The van der Waals surface area contributed by atoms with Crippen molar-refractivity contribution in [1.29, 1.82) is 0 Å². The van der Waals surface area contributed by atoms with Gasteiger partial charge in [0, 0.05) is 25.3 Å². The van der Waals surface area contributed by atoms with Crippen LogP contribution in [0.25, 0.3) is 0 Å². The van der Waals surface area contributed by atoms with Gasteiger partial charge in [-0.05, 0) is 67.5 Å². The number of nitrogens with zero attached hydrogens (tertiary/aromatic N) is 1. The van der Waals surface area contributed by atoms with Crippen molar-refractivity contribution >= 4 is 17.1 Å². The number of hydrogen-bond donors (Lipinski definition) is 2. The molecule has 0 saturated carbocycles. The fourth-order valence-corrected chi connectivity index (χ4v) is 3.39. The van der Waals surface area contributed by atoms with E-state index in [9.17, 15) is 0 Å². The number of nitrogens with one attached hydrogen (secondary N) is 1. The smallest absolute Gasteiger partial charge is 0.0600 e. The number of benzene rings is 2. The molecule has 0 amide bonds. The average molecular weight is 323 g/mol. The fraction of sp³-hybridized carbons (Fsp3) is 0.429. The summed E-state index contributed by atoms with van der Waals surface area (Å²) >= 11 is 0. The highest BCUT2D eigenvalue weighted by Crippen LogP contribution is 2.27. The minimum Gasteiger partial charge on any atom is -0.397 e. The van der Waals surface area contributed by atoms with Crippen LogP contribution in [0.4, 0.5) is 17.1 Å². The van der Waals surface area contributed by atoms with Crippen molar-refractivity contribution in [1.82, 2.24) is 0 Å². The Morgan fingerprint density at radius 3 is 2.38 bits per heavy atom. The second-order valence-corrected chi connectivity index (χ2v) is 6.67. The minimum absolute atomic E-state index is 0.928. The zero-order valence-electron chi connectivity index (χ0n) is 14.7. The number of hydrogen-bond acceptors (Lipinski definition) is 3. The molecule has 128 valence electrons. The quantitative estimate of drug-likeness (QED) is 0.583. The highest BCUT2D eigenvalue weighted by Gasteiger charge is 2.14. The van der Waals surface area contributed by atoms with E-state index in [4.69, 9.17) is 5.73 Å². The van der Waals surface area contributed by atoms with Gasteiger partial charge in [-0.1, -0.05) is 25.1 Å². The predicted molar refractivity (Wildman–Crippen MR) is 105 cm³/mol. The summed E-state index contributed by atoms with van der Waals surface area (Å²) in [6.45, 7) is 5.46. The van der Waals surface area contributed by atoms with Crippen LogP contribution in [0.15, 0.2) is 42.5 Å². The lowest BCUT2D eigenvalue weighted by Gasteiger charge is -2.20. The van der Waals surface area contributed by atoms with Crippen LogP contribution in [0.2, 0.25) is 0 Å². The maximum absolute atomic E-state index is 6.27. The summed E-state index contributed by atoms with van der Waals surface area (Å²) in [7, 11) is 0. The van der Waals surface area contributed by atoms with Gasteiger partial charge >= 0.3 is 0 Å². The van der Waals surface area contributed by atoms with Crippen molar-refractivity contribution in [2.24, 2.45) is 0 Å². The van der Waals surface area contributed by atoms with Gasteiger partial charge in [-0.25, -0.2) is 0 Å². The van der Waals surface area contributed by atoms with E-state index in [1.165, 1.54) is 35.3 Å². The molecule has 0 atom stereocenters. The SMILES string of the molecule is CCc1ccc(NCCCc2ccc(N3CCCC3)c(N)c2)cc1. The Hall–Kier alpha value is -2.16. The Bertz CT molecular complexity index is 643. The second kappa shape index (κ2) is 8.09. The first kappa shape index (κ1) is 16.7. The molecule has 1 heterocycles. The summed E-state index contributed by atoms with van der Waals surface area (Å²) in [4.78, 5) is 2.40. The van der Waals surface area contributed by atoms with Crippen molar-refractivity contribution < 1.29 is 0 Å². The van der Waals surface area contributed by atoms with Gasteiger partial charge < -0.3 is 16.0 Å². The lowest BCUT2D eigenvalue weighted by atomic mass is 10.1. The molecule has 0 unspecified atom stereocenters. The van der Waals surface area contributed by atoms with Crippen LogP contribution in [0, 0.1) is 0 Å². The summed E-state index contributed by atoms with van der Waals surface area (Å²) in [6, 6.07) is 15.3. The molecule has 1 saturated heterocycles. The van der Waals surface area contributed by atoms with Crippen LogP contribution in [0.3, 0.4) is 0 Å². The Morgan fingerprint density at radius 2 is 1.71 bits per heavy atom. The summed E-state index contributed by atoms with van der Waals surface area (Å²) in [6.07, 6.45) is 5.83. The van der Waals surface area contributed by atoms with Crippen LogP contribution in [-0.4, -0.2) is 19.6 Å². The van der Waals surface area contributed by atoms with Gasteiger partial charge in [0.1, 0.15) is 0 Å². The monoisotopic (exact) mass is 323 g/mol. The largest absolute Gasteiger partial charge is 0.397 e. The third-order valence-corrected chi connectivity index (χ3v) is 4.87. The molecule has 3 N–H and O–H groups in total. The predicted octanol–water partition coefficient (Wildman–Crippen LogP) is 4.48. The molecule has 24 heavy (non-hydrogen) atoms. The van der Waals surface area contributed by atoms with Crippen molar-refractivity contribution in [2.75, 3.05) is 35.6 Å². The first-order valence-corrected chi connectivity index (χ1v) is 9.22. The molecule has 3 nitrogen and oxygen atoms in total. The van der Waals surface area contributed by atoms with Gasteiger partial charge in [0.15, 0.2) is 0 Å². The Morgan fingerprint density at radius 1 is 1.00 bits per heavy atom. The summed E-state index contributed by atoms with van der Waals surface area (Å²) in [5, 5.41) is 3.50. The number of rotatable bonds is 7. The number of nitrogens with two attached hydrogens (primary N) is 1. The maximum Gasteiger partial charge on any atom is 0.0600 e. The van der Waals surface area contributed by atoms with Crippen LogP contribution < -0.4 is 16.0 Å². The molecule has 1 aliphatic rings. The van der Waals surface area contributed by atoms with Crippen LogP contribution in [0.5, 0.6) is 0 Å². The highest BCUT2D eigenvalue weighted by atomic mass is 15.1. The number of nitrogen functional groups attached to an aromatic ring is 1. The zero-order valence-corrected chi connectivity index (χ0v) is 14.7. The van der Waals surface area contributed by atoms with Crippen molar-refractivity contribution in [3.05, 3.63) is 53.6 Å². The molecule has 3 rings (SSSR count). The molecule has 2 aromatic rings. The van der Waals surface area contributed by atoms with Gasteiger partial charge in [-0.2, -0.15) is 0 Å². The molecule has 0 radical (unpaired) electrons. The van der Waals surface area contributed by atoms with Crippen LogP contribution in [0.1, 0.15) is 37.3 Å². The summed E-state index contributed by atoms with van der Waals surface area (Å²) in [5.41, 5.74) is 12.3. The van der Waals surface area contributed by atoms with Gasteiger partial charge in [-0.15, -0.1) is 0 Å². The van der Waals surface area contributed by atoms with E-state index < -0.39 is 0 Å². The van der Waals surface area contributed by atoms with E-state index in [2.05, 4.69) is 59.6 Å². The van der Waals surface area contributed by atoms with E-state index in [0.29, 0.717) is 0 Å². The van der Waals surface area contributed by atoms with E-state index in [-0.39, 0.29) is 0 Å². The van der Waals surface area contributed by atoms with E-state index in [0.717, 1.165) is 44.6 Å². The number of anilines is 3. The van der Waals surface area contributed by atoms with Crippen molar-refractivity contribution in [3.8, 4) is 0 Å². The highest BCUT2D eigenvalue weighted by molar-refractivity contribution is 5.68. The first-order chi connectivity index (χ1) is 11.8. The Balaban J connectivity index is 1.46. The second-order valence-electron chi connectivity index (χ2n) is 6.67. The summed E-state index contributed by atoms with van der Waals surface area (Å²) < 4.78 is 0. The molecular weight excluding hydrogens is 294 g/mol. The topological polar surface area (TPSA) is 41.3 Å². The third-order valence-electron chi connectivity index (χ3n) is 4.87. The average Bonchev–Trinajstić information content (AvgIpc) is 3.14. The molecule has 2 aromatic carbocycles. The van der Waals surface area contributed by atoms with E-state index in [1.54, 1.807) is 0 Å². The molecule has 1 fully saturated rings. The van der Waals surface area contributed by atoms with E-state index in [1.807, 2.05) is 0 Å². The molecule has 1 aliphatic heterocycles. The lowest BCUT2D eigenvalue weighted by Crippen LogP contribution is -2.19. The molecule has 3 heteroatoms. The Labute approximate surface area is 145 Å². The van der Waals surface area contributed by atoms with Gasteiger partial charge in [0.05, 0.1) is 11.4 Å². The van der Waals surface area contributed by atoms with Gasteiger partial charge in [-0.3, -0.25) is 0 Å². The first-order valence-electron chi connectivity index (χ1n) is 9.22. The molecular formula is C21H29N3. The minimum atomic E-state index is 0.928. The Kier molecular flexibility index (Phi) is 5.63. The van der Waals surface area contributed by atoms with Gasteiger partial charge in [0.2, 0.25) is 0 Å². The van der Waals surface area contributed by atoms with E-state index >= 15 is 0 Å². The standard InChI is InChI=1S/C21H29N3/c1-2-17-7-10-19(11-8-17)23-13-5-6-18-9-12-21(20(22)16-18)24-14-3-4-15-24/h7-12,16,23H,2-6,13-15,22H2,1H3. The number of aryl methyl sites for hydroxylation is 2. The van der Waals surface area contributed by atoms with Crippen molar-refractivity contribution in [2.45, 2.75) is 39.0 Å². The zero-order chi connectivity index (χ0) is 16.8. The molecule has 0 aliphatic carbocycles. The summed E-state index contributed by atoms with van der Waals surface area (Å²) in [5.74, 6) is 0. The molecule has 0 aromatic heterocycles. The van der Waals surface area contributed by atoms with Crippen molar-refractivity contribution in [3.63, 3.8) is 0 Å². The van der Waals surface area contributed by atoms with Gasteiger partial charge in [0.25, 0.3) is 0 Å². The fourth-order valence-electron chi connectivity index (χ4n) is 3.39. The normalized spacial score (nSPS) is 14.1. The van der Waals surface area contributed by atoms with Crippen LogP contribution >= 0.6 is 0 Å². The van der Waals surface area contributed by atoms with Crippen LogP contribution in [-0.2, 0) is 12.8 Å².